The van der Waals surface area contributed by atoms with Crippen molar-refractivity contribution in [2.45, 2.75) is 32.7 Å². The zero-order valence-electron chi connectivity index (χ0n) is 8.42. The molecule has 13 heavy (non-hydrogen) atoms. The van der Waals surface area contributed by atoms with Gasteiger partial charge in [0.1, 0.15) is 5.76 Å². The van der Waals surface area contributed by atoms with Crippen LogP contribution in [0.3, 0.4) is 0 Å². The highest BCUT2D eigenvalue weighted by molar-refractivity contribution is 5.14. The molecule has 3 heteroatoms. The van der Waals surface area contributed by atoms with Crippen molar-refractivity contribution in [3.05, 3.63) is 17.3 Å². The van der Waals surface area contributed by atoms with E-state index in [1.807, 2.05) is 14.0 Å². The van der Waals surface area contributed by atoms with E-state index in [0.29, 0.717) is 5.92 Å². The number of nitrogens with zero attached hydrogens (tertiary/aromatic N) is 1. The van der Waals surface area contributed by atoms with Gasteiger partial charge in [-0.05, 0) is 26.3 Å². The predicted molar refractivity (Wildman–Crippen MR) is 50.5 cm³/mol. The summed E-state index contributed by atoms with van der Waals surface area (Å²) in [5, 5.41) is 3.07. The van der Waals surface area contributed by atoms with Gasteiger partial charge in [-0.15, -0.1) is 0 Å². The van der Waals surface area contributed by atoms with E-state index in [4.69, 9.17) is 4.42 Å². The number of hydrogen-bond acceptors (Lipinski definition) is 3. The molecular weight excluding hydrogens is 164 g/mol. The first-order chi connectivity index (χ1) is 6.22. The van der Waals surface area contributed by atoms with E-state index in [2.05, 4.69) is 17.2 Å². The Labute approximate surface area is 78.5 Å². The van der Waals surface area contributed by atoms with Crippen LogP contribution in [0.15, 0.2) is 4.42 Å². The Morgan fingerprint density at radius 3 is 2.85 bits per heavy atom. The van der Waals surface area contributed by atoms with Crippen LogP contribution in [-0.4, -0.2) is 12.0 Å². The molecule has 2 atom stereocenters. The Morgan fingerprint density at radius 1 is 1.62 bits per heavy atom. The number of aryl methyl sites for hydroxylation is 1. The summed E-state index contributed by atoms with van der Waals surface area (Å²) in [6, 6.07) is 0. The van der Waals surface area contributed by atoms with Gasteiger partial charge in [0.25, 0.3) is 0 Å². The lowest BCUT2D eigenvalue weighted by Crippen LogP contribution is -2.04. The zero-order chi connectivity index (χ0) is 9.42. The first-order valence-electron chi connectivity index (χ1n) is 4.83. The Hall–Kier alpha value is -0.830. The maximum atomic E-state index is 5.68. The largest absolute Gasteiger partial charge is 0.444 e. The Balaban J connectivity index is 2.15. The summed E-state index contributed by atoms with van der Waals surface area (Å²) >= 11 is 0. The lowest BCUT2D eigenvalue weighted by molar-refractivity contribution is 0.442. The van der Waals surface area contributed by atoms with Gasteiger partial charge in [-0.2, -0.15) is 0 Å². The van der Waals surface area contributed by atoms with Crippen LogP contribution in [0.4, 0.5) is 0 Å². The molecule has 1 aliphatic carbocycles. The van der Waals surface area contributed by atoms with Crippen molar-refractivity contribution in [3.8, 4) is 0 Å². The number of hydrogen-bond donors (Lipinski definition) is 1. The van der Waals surface area contributed by atoms with Gasteiger partial charge < -0.3 is 9.73 Å². The third kappa shape index (κ3) is 1.61. The van der Waals surface area contributed by atoms with E-state index >= 15 is 0 Å². The first kappa shape index (κ1) is 8.75. The summed E-state index contributed by atoms with van der Waals surface area (Å²) in [5.74, 6) is 3.27. The molecular formula is C10H16N2O. The molecule has 1 fully saturated rings. The molecule has 3 nitrogen and oxygen atoms in total. The molecule has 0 amide bonds. The lowest BCUT2D eigenvalue weighted by Gasteiger charge is -1.93. The fourth-order valence-electron chi connectivity index (χ4n) is 1.60. The standard InChI is InChI=1S/C10H16N2O/c1-6-4-8(6)10-12-7(2)9(13-10)5-11-3/h6,8,11H,4-5H2,1-3H3. The van der Waals surface area contributed by atoms with Crippen molar-refractivity contribution in [2.24, 2.45) is 5.92 Å². The normalized spacial score (nSPS) is 26.4. The molecule has 1 aromatic rings. The van der Waals surface area contributed by atoms with Gasteiger partial charge in [0.15, 0.2) is 5.89 Å². The number of oxazole rings is 1. The molecule has 0 aliphatic heterocycles. The van der Waals surface area contributed by atoms with Gasteiger partial charge in [-0.25, -0.2) is 4.98 Å². The van der Waals surface area contributed by atoms with Crippen LogP contribution in [0, 0.1) is 12.8 Å². The van der Waals surface area contributed by atoms with Crippen LogP contribution >= 0.6 is 0 Å². The van der Waals surface area contributed by atoms with Crippen molar-refractivity contribution in [1.82, 2.24) is 10.3 Å². The second-order valence-corrected chi connectivity index (χ2v) is 3.91. The van der Waals surface area contributed by atoms with Gasteiger partial charge in [-0.1, -0.05) is 6.92 Å². The lowest BCUT2D eigenvalue weighted by atomic mass is 10.3. The van der Waals surface area contributed by atoms with Crippen LogP contribution in [0.25, 0.3) is 0 Å². The first-order valence-corrected chi connectivity index (χ1v) is 4.83. The smallest absolute Gasteiger partial charge is 0.198 e. The molecule has 0 bridgehead atoms. The highest BCUT2D eigenvalue weighted by atomic mass is 16.4. The third-order valence-electron chi connectivity index (χ3n) is 2.67. The highest BCUT2D eigenvalue weighted by Crippen LogP contribution is 2.46. The van der Waals surface area contributed by atoms with Crippen LogP contribution in [0.2, 0.25) is 0 Å². The van der Waals surface area contributed by atoms with Crippen molar-refractivity contribution in [2.75, 3.05) is 7.05 Å². The van der Waals surface area contributed by atoms with E-state index in [-0.39, 0.29) is 0 Å². The summed E-state index contributed by atoms with van der Waals surface area (Å²) < 4.78 is 5.68. The SMILES string of the molecule is CNCc1oc(C2CC2C)nc1C. The van der Waals surface area contributed by atoms with Gasteiger partial charge in [0.05, 0.1) is 12.2 Å². The highest BCUT2D eigenvalue weighted by Gasteiger charge is 2.38. The van der Waals surface area contributed by atoms with Crippen LogP contribution < -0.4 is 5.32 Å². The van der Waals surface area contributed by atoms with Gasteiger partial charge >= 0.3 is 0 Å². The second kappa shape index (κ2) is 3.14. The predicted octanol–water partition coefficient (Wildman–Crippen LogP) is 1.83. The fraction of sp³-hybridized carbons (Fsp3) is 0.700. The minimum Gasteiger partial charge on any atom is -0.444 e. The molecule has 0 radical (unpaired) electrons. The summed E-state index contributed by atoms with van der Waals surface area (Å²) in [6.45, 7) is 5.02. The number of rotatable bonds is 3. The van der Waals surface area contributed by atoms with Gasteiger partial charge in [0.2, 0.25) is 0 Å². The summed E-state index contributed by atoms with van der Waals surface area (Å²) in [5.41, 5.74) is 1.03. The Kier molecular flexibility index (Phi) is 2.12. The monoisotopic (exact) mass is 180 g/mol. The molecule has 2 rings (SSSR count). The van der Waals surface area contributed by atoms with E-state index in [0.717, 1.165) is 29.8 Å². The third-order valence-corrected chi connectivity index (χ3v) is 2.67. The molecule has 72 valence electrons. The summed E-state index contributed by atoms with van der Waals surface area (Å²) in [6.07, 6.45) is 1.24. The Bertz CT molecular complexity index is 306. The minimum atomic E-state index is 0.587. The molecule has 0 saturated heterocycles. The molecule has 1 N–H and O–H groups in total. The van der Waals surface area contributed by atoms with Crippen molar-refractivity contribution < 1.29 is 4.42 Å². The van der Waals surface area contributed by atoms with Crippen molar-refractivity contribution >= 4 is 0 Å². The van der Waals surface area contributed by atoms with Crippen LogP contribution in [0.1, 0.15) is 36.6 Å². The van der Waals surface area contributed by atoms with Gasteiger partial charge in [-0.3, -0.25) is 0 Å². The quantitative estimate of drug-likeness (QED) is 0.771. The van der Waals surface area contributed by atoms with Crippen LogP contribution in [0.5, 0.6) is 0 Å². The molecule has 0 spiro atoms. The molecule has 0 aromatic carbocycles. The maximum Gasteiger partial charge on any atom is 0.198 e. The topological polar surface area (TPSA) is 38.1 Å². The second-order valence-electron chi connectivity index (χ2n) is 3.91. The van der Waals surface area contributed by atoms with E-state index in [9.17, 15) is 0 Å². The van der Waals surface area contributed by atoms with E-state index < -0.39 is 0 Å². The number of aromatic nitrogens is 1. The molecule has 2 unspecified atom stereocenters. The summed E-state index contributed by atoms with van der Waals surface area (Å²) in [7, 11) is 1.92. The van der Waals surface area contributed by atoms with Crippen LogP contribution in [-0.2, 0) is 6.54 Å². The molecule has 1 aromatic heterocycles. The Morgan fingerprint density at radius 2 is 2.31 bits per heavy atom. The fourth-order valence-corrected chi connectivity index (χ4v) is 1.60. The molecule has 1 heterocycles. The van der Waals surface area contributed by atoms with Crippen molar-refractivity contribution in [1.29, 1.82) is 0 Å². The average molecular weight is 180 g/mol. The number of nitrogens with one attached hydrogen (secondary N) is 1. The van der Waals surface area contributed by atoms with Gasteiger partial charge in [0, 0.05) is 5.92 Å². The van der Waals surface area contributed by atoms with E-state index in [1.54, 1.807) is 0 Å². The van der Waals surface area contributed by atoms with E-state index in [1.165, 1.54) is 6.42 Å². The average Bonchev–Trinajstić information content (AvgIpc) is 2.69. The molecule has 1 aliphatic rings. The summed E-state index contributed by atoms with van der Waals surface area (Å²) in [4.78, 5) is 4.44. The minimum absolute atomic E-state index is 0.587. The van der Waals surface area contributed by atoms with Crippen molar-refractivity contribution in [3.63, 3.8) is 0 Å². The zero-order valence-corrected chi connectivity index (χ0v) is 8.42. The maximum absolute atomic E-state index is 5.68. The molecule has 1 saturated carbocycles.